The largest absolute Gasteiger partial charge is 0.497 e. The van der Waals surface area contributed by atoms with Crippen LogP contribution in [0.1, 0.15) is 29.9 Å². The minimum atomic E-state index is -3.75. The highest BCUT2D eigenvalue weighted by Crippen LogP contribution is 2.40. The number of urea groups is 1. The molecule has 3 heterocycles. The molecule has 2 N–H and O–H groups in total. The van der Waals surface area contributed by atoms with Crippen molar-refractivity contribution >= 4 is 34.2 Å². The van der Waals surface area contributed by atoms with Gasteiger partial charge in [0.2, 0.25) is 0 Å². The Morgan fingerprint density at radius 2 is 1.53 bits per heavy atom. The number of sulfone groups is 1. The molecule has 6 rings (SSSR count). The van der Waals surface area contributed by atoms with Gasteiger partial charge in [0.15, 0.2) is 9.84 Å². The molecule has 228 valence electrons. The summed E-state index contributed by atoms with van der Waals surface area (Å²) in [6.07, 6.45) is 0.682. The van der Waals surface area contributed by atoms with Crippen molar-refractivity contribution < 1.29 is 22.7 Å². The molecule has 3 saturated heterocycles. The summed E-state index contributed by atoms with van der Waals surface area (Å²) < 4.78 is 33.8. The topological polar surface area (TPSA) is 108 Å². The fourth-order valence-corrected chi connectivity index (χ4v) is 8.91. The van der Waals surface area contributed by atoms with Gasteiger partial charge in [0.1, 0.15) is 16.7 Å². The lowest BCUT2D eigenvalue weighted by Crippen LogP contribution is -2.59. The molecule has 3 aliphatic heterocycles. The molecule has 3 aromatic carbocycles. The third-order valence-corrected chi connectivity index (χ3v) is 11.2. The van der Waals surface area contributed by atoms with Crippen LogP contribution in [0, 0.1) is 5.92 Å². The van der Waals surface area contributed by atoms with Crippen molar-refractivity contribution in [2.75, 3.05) is 33.3 Å². The summed E-state index contributed by atoms with van der Waals surface area (Å²) in [5.74, 6) is 0.285. The normalized spacial score (nSPS) is 22.7. The lowest BCUT2D eigenvalue weighted by Gasteiger charge is -2.43. The molecule has 3 amide bonds. The molecule has 0 saturated carbocycles. The second kappa shape index (κ2) is 12.7. The minimum absolute atomic E-state index is 0. The molecule has 0 radical (unpaired) electrons. The first-order valence-electron chi connectivity index (χ1n) is 14.4. The van der Waals surface area contributed by atoms with Gasteiger partial charge in [-0.15, -0.1) is 12.4 Å². The lowest BCUT2D eigenvalue weighted by atomic mass is 9.85. The van der Waals surface area contributed by atoms with Gasteiger partial charge in [-0.1, -0.05) is 60.7 Å². The van der Waals surface area contributed by atoms with Gasteiger partial charge in [-0.05, 0) is 48.2 Å². The standard InChI is InChI=1S/C32H36N4O5S.ClH/c1-41-25-14-12-23(13-15-25)22-36-30(37)32(34-31(36)38)16-18-35(19-17-32)29(42(39,40)26-10-6-3-7-11-26)28-21-33-20-27(28)24-8-4-2-5-9-24;/h2-15,27-29,33H,16-22H2,1H3,(H,34,38);1H/t27-,28-,29?;/m1./s1. The van der Waals surface area contributed by atoms with E-state index >= 15 is 0 Å². The summed E-state index contributed by atoms with van der Waals surface area (Å²) in [5.41, 5.74) is 0.901. The van der Waals surface area contributed by atoms with Gasteiger partial charge in [-0.2, -0.15) is 0 Å². The second-order valence-corrected chi connectivity index (χ2v) is 13.4. The summed E-state index contributed by atoms with van der Waals surface area (Å²) in [6, 6.07) is 25.6. The average molecular weight is 625 g/mol. The van der Waals surface area contributed by atoms with Crippen molar-refractivity contribution in [3.63, 3.8) is 0 Å². The Hall–Kier alpha value is -3.44. The van der Waals surface area contributed by atoms with Crippen molar-refractivity contribution in [2.24, 2.45) is 5.92 Å². The van der Waals surface area contributed by atoms with E-state index in [1.165, 1.54) is 4.90 Å². The number of amides is 3. The quantitative estimate of drug-likeness (QED) is 0.367. The summed E-state index contributed by atoms with van der Waals surface area (Å²) >= 11 is 0. The zero-order valence-electron chi connectivity index (χ0n) is 24.0. The highest BCUT2D eigenvalue weighted by atomic mass is 35.5. The number of nitrogens with zero attached hydrogens (tertiary/aromatic N) is 2. The number of hydrogen-bond donors (Lipinski definition) is 2. The molecule has 3 fully saturated rings. The minimum Gasteiger partial charge on any atom is -0.497 e. The Kier molecular flexibility index (Phi) is 9.12. The van der Waals surface area contributed by atoms with Gasteiger partial charge in [-0.3, -0.25) is 14.6 Å². The fraction of sp³-hybridized carbons (Fsp3) is 0.375. The Bertz CT molecular complexity index is 1530. The van der Waals surface area contributed by atoms with Gasteiger partial charge < -0.3 is 15.4 Å². The first-order valence-corrected chi connectivity index (χ1v) is 15.9. The number of carbonyl (C=O) groups is 2. The molecule has 43 heavy (non-hydrogen) atoms. The number of imide groups is 1. The van der Waals surface area contributed by atoms with Crippen molar-refractivity contribution in [1.29, 1.82) is 0 Å². The predicted molar refractivity (Wildman–Crippen MR) is 166 cm³/mol. The van der Waals surface area contributed by atoms with E-state index in [1.807, 2.05) is 41.3 Å². The number of benzene rings is 3. The first kappa shape index (κ1) is 31.0. The van der Waals surface area contributed by atoms with E-state index in [4.69, 9.17) is 4.74 Å². The average Bonchev–Trinajstić information content (AvgIpc) is 3.58. The smallest absolute Gasteiger partial charge is 0.325 e. The van der Waals surface area contributed by atoms with Crippen LogP contribution < -0.4 is 15.4 Å². The van der Waals surface area contributed by atoms with Crippen LogP contribution in [-0.4, -0.2) is 74.4 Å². The van der Waals surface area contributed by atoms with E-state index < -0.39 is 26.8 Å². The molecule has 3 aliphatic rings. The Labute approximate surface area is 258 Å². The molecule has 9 nitrogen and oxygen atoms in total. The van der Waals surface area contributed by atoms with Crippen LogP contribution in [0.25, 0.3) is 0 Å². The summed E-state index contributed by atoms with van der Waals surface area (Å²) in [6.45, 7) is 2.18. The number of carbonyl (C=O) groups excluding carboxylic acids is 2. The van der Waals surface area contributed by atoms with E-state index in [1.54, 1.807) is 43.5 Å². The molecule has 0 aliphatic carbocycles. The molecular formula is C32H37ClN4O5S. The maximum Gasteiger partial charge on any atom is 0.325 e. The van der Waals surface area contributed by atoms with E-state index in [9.17, 15) is 18.0 Å². The summed E-state index contributed by atoms with van der Waals surface area (Å²) in [5, 5.41) is 5.64. The van der Waals surface area contributed by atoms with Gasteiger partial charge in [0.05, 0.1) is 18.6 Å². The number of methoxy groups -OCH3 is 1. The van der Waals surface area contributed by atoms with Crippen molar-refractivity contribution in [2.45, 2.75) is 41.1 Å². The Morgan fingerprint density at radius 1 is 0.907 bits per heavy atom. The number of piperidine rings is 1. The number of rotatable bonds is 8. The third-order valence-electron chi connectivity index (χ3n) is 9.00. The lowest BCUT2D eigenvalue weighted by molar-refractivity contribution is -0.133. The fourth-order valence-electron chi connectivity index (χ4n) is 6.74. The molecule has 0 aromatic heterocycles. The number of likely N-dealkylation sites (tertiary alicyclic amines) is 1. The maximum atomic E-state index is 14.3. The van der Waals surface area contributed by atoms with E-state index in [0.29, 0.717) is 49.7 Å². The SMILES string of the molecule is COc1ccc(CN2C(=O)NC3(CCN(C([C@@H]4CNC[C@@H]4c4ccccc4)S(=O)(=O)c4ccccc4)CC3)C2=O)cc1.Cl. The van der Waals surface area contributed by atoms with E-state index in [0.717, 1.165) is 11.1 Å². The van der Waals surface area contributed by atoms with Crippen molar-refractivity contribution in [3.8, 4) is 5.75 Å². The molecule has 0 bridgehead atoms. The van der Waals surface area contributed by atoms with E-state index in [2.05, 4.69) is 22.8 Å². The highest BCUT2D eigenvalue weighted by Gasteiger charge is 2.54. The molecule has 1 spiro atoms. The maximum absolute atomic E-state index is 14.3. The van der Waals surface area contributed by atoms with Crippen LogP contribution in [-0.2, 0) is 21.2 Å². The Balaban J connectivity index is 0.00000368. The summed E-state index contributed by atoms with van der Waals surface area (Å²) in [4.78, 5) is 30.3. The van der Waals surface area contributed by atoms with Crippen LogP contribution >= 0.6 is 12.4 Å². The molecule has 1 unspecified atom stereocenters. The van der Waals surface area contributed by atoms with Crippen LogP contribution in [0.4, 0.5) is 4.79 Å². The monoisotopic (exact) mass is 624 g/mol. The van der Waals surface area contributed by atoms with Gasteiger partial charge in [0, 0.05) is 38.0 Å². The molecular weight excluding hydrogens is 588 g/mol. The zero-order valence-corrected chi connectivity index (χ0v) is 25.6. The third kappa shape index (κ3) is 5.89. The van der Waals surface area contributed by atoms with E-state index in [-0.39, 0.29) is 36.7 Å². The van der Waals surface area contributed by atoms with Crippen LogP contribution in [0.15, 0.2) is 89.8 Å². The predicted octanol–water partition coefficient (Wildman–Crippen LogP) is 3.81. The van der Waals surface area contributed by atoms with Gasteiger partial charge in [0.25, 0.3) is 5.91 Å². The number of hydrogen-bond acceptors (Lipinski definition) is 7. The van der Waals surface area contributed by atoms with Crippen LogP contribution in [0.2, 0.25) is 0 Å². The molecule has 3 aromatic rings. The van der Waals surface area contributed by atoms with Crippen LogP contribution in [0.3, 0.4) is 0 Å². The van der Waals surface area contributed by atoms with Gasteiger partial charge in [-0.25, -0.2) is 13.2 Å². The zero-order chi connectivity index (χ0) is 29.3. The van der Waals surface area contributed by atoms with Crippen molar-refractivity contribution in [1.82, 2.24) is 20.4 Å². The highest BCUT2D eigenvalue weighted by molar-refractivity contribution is 7.92. The second-order valence-electron chi connectivity index (χ2n) is 11.4. The number of nitrogens with one attached hydrogen (secondary N) is 2. The first-order chi connectivity index (χ1) is 20.3. The summed E-state index contributed by atoms with van der Waals surface area (Å²) in [7, 11) is -2.16. The number of halogens is 1. The Morgan fingerprint density at radius 3 is 2.16 bits per heavy atom. The van der Waals surface area contributed by atoms with Crippen molar-refractivity contribution in [3.05, 3.63) is 96.1 Å². The van der Waals surface area contributed by atoms with Gasteiger partial charge >= 0.3 is 6.03 Å². The molecule has 11 heteroatoms. The molecule has 3 atom stereocenters. The number of ether oxygens (including phenoxy) is 1. The van der Waals surface area contributed by atoms with Crippen LogP contribution in [0.5, 0.6) is 5.75 Å².